The number of aromatic nitrogens is 2. The van der Waals surface area contributed by atoms with Crippen molar-refractivity contribution in [2.75, 3.05) is 25.5 Å². The number of amides is 2. The largest absolute Gasteiger partial charge is 0.377 e. The van der Waals surface area contributed by atoms with Crippen LogP contribution in [-0.4, -0.2) is 47.1 Å². The normalized spacial score (nSPS) is 16.4. The third-order valence-electron chi connectivity index (χ3n) is 3.76. The second-order valence-corrected chi connectivity index (χ2v) is 7.80. The SMILES string of the molecule is COCc1nnc(NC(=O)C2CCN(C(=O)C(C)(C)C)CC2)s1. The molecule has 128 valence electrons. The lowest BCUT2D eigenvalue weighted by Gasteiger charge is -2.35. The Balaban J connectivity index is 1.84. The Kier molecular flexibility index (Phi) is 5.69. The van der Waals surface area contributed by atoms with Gasteiger partial charge in [-0.05, 0) is 12.8 Å². The maximum absolute atomic E-state index is 12.3. The average molecular weight is 340 g/mol. The minimum absolute atomic E-state index is 0.0482. The van der Waals surface area contributed by atoms with Crippen molar-refractivity contribution in [3.8, 4) is 0 Å². The number of methoxy groups -OCH3 is 1. The van der Waals surface area contributed by atoms with Crippen molar-refractivity contribution in [2.45, 2.75) is 40.2 Å². The second-order valence-electron chi connectivity index (χ2n) is 6.74. The first-order valence-electron chi connectivity index (χ1n) is 7.73. The molecule has 8 heteroatoms. The van der Waals surface area contributed by atoms with Crippen LogP contribution in [0.1, 0.15) is 38.6 Å². The molecular weight excluding hydrogens is 316 g/mol. The summed E-state index contributed by atoms with van der Waals surface area (Å²) in [6, 6.07) is 0. The van der Waals surface area contributed by atoms with Gasteiger partial charge in [0.1, 0.15) is 11.6 Å². The molecule has 0 aromatic carbocycles. The molecule has 1 saturated heterocycles. The maximum atomic E-state index is 12.3. The first-order valence-corrected chi connectivity index (χ1v) is 8.54. The first-order chi connectivity index (χ1) is 10.8. The molecule has 0 aliphatic carbocycles. The van der Waals surface area contributed by atoms with E-state index in [9.17, 15) is 9.59 Å². The molecule has 7 nitrogen and oxygen atoms in total. The number of piperidine rings is 1. The fourth-order valence-corrected chi connectivity index (χ4v) is 3.23. The number of hydrogen-bond donors (Lipinski definition) is 1. The molecule has 2 heterocycles. The third-order valence-corrected chi connectivity index (χ3v) is 4.57. The highest BCUT2D eigenvalue weighted by Gasteiger charge is 2.32. The number of hydrogen-bond acceptors (Lipinski definition) is 6. The summed E-state index contributed by atoms with van der Waals surface area (Å²) in [5, 5.41) is 11.9. The number of likely N-dealkylation sites (tertiary alicyclic amines) is 1. The van der Waals surface area contributed by atoms with Gasteiger partial charge in [0.25, 0.3) is 0 Å². The second kappa shape index (κ2) is 7.35. The Morgan fingerprint density at radius 1 is 1.30 bits per heavy atom. The van der Waals surface area contributed by atoms with E-state index in [2.05, 4.69) is 15.5 Å². The standard InChI is InChI=1S/C15H24N4O3S/c1-15(2,3)13(21)19-7-5-10(6-8-19)12(20)16-14-18-17-11(23-14)9-22-4/h10H,5-9H2,1-4H3,(H,16,18,20). The van der Waals surface area contributed by atoms with Crippen molar-refractivity contribution in [3.05, 3.63) is 5.01 Å². The summed E-state index contributed by atoms with van der Waals surface area (Å²) in [7, 11) is 1.59. The quantitative estimate of drug-likeness (QED) is 0.905. The van der Waals surface area contributed by atoms with Gasteiger partial charge in [0, 0.05) is 31.5 Å². The summed E-state index contributed by atoms with van der Waals surface area (Å²) in [5.41, 5.74) is -0.376. The predicted octanol–water partition coefficient (Wildman–Crippen LogP) is 1.91. The number of nitrogens with one attached hydrogen (secondary N) is 1. The lowest BCUT2D eigenvalue weighted by molar-refractivity contribution is -0.142. The van der Waals surface area contributed by atoms with Crippen molar-refractivity contribution in [1.82, 2.24) is 15.1 Å². The lowest BCUT2D eigenvalue weighted by Crippen LogP contribution is -2.45. The molecule has 0 spiro atoms. The van der Waals surface area contributed by atoms with Gasteiger partial charge in [0.2, 0.25) is 16.9 Å². The molecule has 1 aliphatic rings. The van der Waals surface area contributed by atoms with E-state index in [1.807, 2.05) is 25.7 Å². The molecule has 0 saturated carbocycles. The fraction of sp³-hybridized carbons (Fsp3) is 0.733. The summed E-state index contributed by atoms with van der Waals surface area (Å²) in [5.74, 6) is 0.00598. The fourth-order valence-electron chi connectivity index (χ4n) is 2.51. The maximum Gasteiger partial charge on any atom is 0.229 e. The van der Waals surface area contributed by atoms with E-state index in [0.717, 1.165) is 5.01 Å². The van der Waals surface area contributed by atoms with Crippen LogP contribution in [0.4, 0.5) is 5.13 Å². The molecule has 1 fully saturated rings. The van der Waals surface area contributed by atoms with Crippen molar-refractivity contribution in [3.63, 3.8) is 0 Å². The number of ether oxygens (including phenoxy) is 1. The summed E-state index contributed by atoms with van der Waals surface area (Å²) in [6.07, 6.45) is 1.36. The Morgan fingerprint density at radius 3 is 2.52 bits per heavy atom. The molecule has 23 heavy (non-hydrogen) atoms. The minimum atomic E-state index is -0.376. The highest BCUT2D eigenvalue weighted by molar-refractivity contribution is 7.15. The Morgan fingerprint density at radius 2 is 1.96 bits per heavy atom. The van der Waals surface area contributed by atoms with Crippen LogP contribution in [0.3, 0.4) is 0 Å². The smallest absolute Gasteiger partial charge is 0.229 e. The molecule has 1 aromatic heterocycles. The Labute approximate surface area is 140 Å². The molecule has 1 aliphatic heterocycles. The van der Waals surface area contributed by atoms with Crippen molar-refractivity contribution >= 4 is 28.3 Å². The summed E-state index contributed by atoms with van der Waals surface area (Å²) in [4.78, 5) is 26.4. The predicted molar refractivity (Wildman–Crippen MR) is 88.0 cm³/mol. The summed E-state index contributed by atoms with van der Waals surface area (Å²) in [6.45, 7) is 7.39. The molecule has 0 atom stereocenters. The van der Waals surface area contributed by atoms with Crippen LogP contribution < -0.4 is 5.32 Å². The van der Waals surface area contributed by atoms with Crippen molar-refractivity contribution in [1.29, 1.82) is 0 Å². The van der Waals surface area contributed by atoms with Gasteiger partial charge in [-0.1, -0.05) is 32.1 Å². The van der Waals surface area contributed by atoms with E-state index in [1.54, 1.807) is 7.11 Å². The first kappa shape index (κ1) is 17.8. The molecule has 1 N–H and O–H groups in total. The summed E-state index contributed by atoms with van der Waals surface area (Å²) < 4.78 is 4.98. The van der Waals surface area contributed by atoms with Gasteiger partial charge in [-0.3, -0.25) is 9.59 Å². The van der Waals surface area contributed by atoms with E-state index >= 15 is 0 Å². The zero-order valence-electron chi connectivity index (χ0n) is 14.1. The Hall–Kier alpha value is -1.54. The van der Waals surface area contributed by atoms with E-state index < -0.39 is 0 Å². The molecule has 0 radical (unpaired) electrons. The van der Waals surface area contributed by atoms with E-state index in [0.29, 0.717) is 37.7 Å². The number of carbonyl (C=O) groups is 2. The van der Waals surface area contributed by atoms with Gasteiger partial charge >= 0.3 is 0 Å². The topological polar surface area (TPSA) is 84.4 Å². The highest BCUT2D eigenvalue weighted by Crippen LogP contribution is 2.25. The third kappa shape index (κ3) is 4.71. The van der Waals surface area contributed by atoms with Crippen LogP contribution in [0.5, 0.6) is 0 Å². The zero-order valence-corrected chi connectivity index (χ0v) is 14.9. The van der Waals surface area contributed by atoms with E-state index in [1.165, 1.54) is 11.3 Å². The monoisotopic (exact) mass is 340 g/mol. The summed E-state index contributed by atoms with van der Waals surface area (Å²) >= 11 is 1.31. The van der Waals surface area contributed by atoms with Gasteiger partial charge in [-0.15, -0.1) is 10.2 Å². The number of rotatable bonds is 4. The highest BCUT2D eigenvalue weighted by atomic mass is 32.1. The number of anilines is 1. The molecule has 2 amide bonds. The molecule has 0 unspecified atom stereocenters. The van der Waals surface area contributed by atoms with Gasteiger partial charge < -0.3 is 15.0 Å². The van der Waals surface area contributed by atoms with Crippen LogP contribution in [0, 0.1) is 11.3 Å². The molecule has 2 rings (SSSR count). The van der Waals surface area contributed by atoms with E-state index in [4.69, 9.17) is 4.74 Å². The molecular formula is C15H24N4O3S. The molecule has 1 aromatic rings. The van der Waals surface area contributed by atoms with Crippen LogP contribution in [-0.2, 0) is 20.9 Å². The van der Waals surface area contributed by atoms with Crippen molar-refractivity contribution < 1.29 is 14.3 Å². The lowest BCUT2D eigenvalue weighted by atomic mass is 9.91. The zero-order chi connectivity index (χ0) is 17.0. The van der Waals surface area contributed by atoms with Crippen LogP contribution in [0.2, 0.25) is 0 Å². The molecule has 0 bridgehead atoms. The van der Waals surface area contributed by atoms with Gasteiger partial charge in [-0.25, -0.2) is 0 Å². The number of nitrogens with zero attached hydrogens (tertiary/aromatic N) is 3. The van der Waals surface area contributed by atoms with E-state index in [-0.39, 0.29) is 23.1 Å². The minimum Gasteiger partial charge on any atom is -0.377 e. The van der Waals surface area contributed by atoms with Gasteiger partial charge in [0.05, 0.1) is 0 Å². The van der Waals surface area contributed by atoms with Crippen LogP contribution in [0.15, 0.2) is 0 Å². The van der Waals surface area contributed by atoms with Crippen molar-refractivity contribution in [2.24, 2.45) is 11.3 Å². The Bertz CT molecular complexity index is 559. The van der Waals surface area contributed by atoms with Gasteiger partial charge in [-0.2, -0.15) is 0 Å². The number of carbonyl (C=O) groups excluding carboxylic acids is 2. The van der Waals surface area contributed by atoms with Crippen LogP contribution in [0.25, 0.3) is 0 Å². The van der Waals surface area contributed by atoms with Crippen LogP contribution >= 0.6 is 11.3 Å². The van der Waals surface area contributed by atoms with Gasteiger partial charge in [0.15, 0.2) is 0 Å². The average Bonchev–Trinajstić information content (AvgIpc) is 2.93.